The van der Waals surface area contributed by atoms with E-state index in [1.807, 2.05) is 61.0 Å². The molecule has 1 saturated heterocycles. The van der Waals surface area contributed by atoms with Gasteiger partial charge in [-0.25, -0.2) is 0 Å². The molecule has 0 spiro atoms. The Bertz CT molecular complexity index is 1360. The van der Waals surface area contributed by atoms with Gasteiger partial charge >= 0.3 is 0 Å². The Balaban J connectivity index is 1.24. The van der Waals surface area contributed by atoms with E-state index in [2.05, 4.69) is 15.1 Å². The fraction of sp³-hybridized carbons (Fsp3) is 0.280. The van der Waals surface area contributed by atoms with Gasteiger partial charge < -0.3 is 14.2 Å². The summed E-state index contributed by atoms with van der Waals surface area (Å²) in [5, 5.41) is 8.99. The van der Waals surface area contributed by atoms with Crippen LogP contribution in [0.25, 0.3) is 5.69 Å². The molecular weight excluding hydrogens is 432 g/mol. The summed E-state index contributed by atoms with van der Waals surface area (Å²) in [4.78, 5) is 29.2. The predicted octanol–water partition coefficient (Wildman–Crippen LogP) is 2.65. The van der Waals surface area contributed by atoms with E-state index in [0.29, 0.717) is 50.1 Å². The van der Waals surface area contributed by atoms with Crippen molar-refractivity contribution in [1.82, 2.24) is 24.5 Å². The highest BCUT2D eigenvalue weighted by Gasteiger charge is 2.25. The molecule has 0 aliphatic carbocycles. The van der Waals surface area contributed by atoms with Gasteiger partial charge in [-0.05, 0) is 50.2 Å². The van der Waals surface area contributed by atoms with Crippen molar-refractivity contribution in [2.24, 2.45) is 0 Å². The lowest BCUT2D eigenvalue weighted by Crippen LogP contribution is -2.49. The Labute approximate surface area is 196 Å². The molecule has 1 aliphatic heterocycles. The molecule has 0 atom stereocenters. The average molecular weight is 459 g/mol. The zero-order chi connectivity index (χ0) is 23.7. The van der Waals surface area contributed by atoms with E-state index in [4.69, 9.17) is 4.42 Å². The monoisotopic (exact) mass is 458 g/mol. The van der Waals surface area contributed by atoms with Crippen LogP contribution in [0.4, 0.5) is 5.82 Å². The number of nitrogens with zero attached hydrogens (tertiary/aromatic N) is 6. The minimum atomic E-state index is -0.183. The zero-order valence-corrected chi connectivity index (χ0v) is 19.2. The predicted molar refractivity (Wildman–Crippen MR) is 127 cm³/mol. The Morgan fingerprint density at radius 3 is 2.41 bits per heavy atom. The molecule has 0 N–H and O–H groups in total. The van der Waals surface area contributed by atoms with Gasteiger partial charge in [0.2, 0.25) is 0 Å². The van der Waals surface area contributed by atoms with Crippen molar-refractivity contribution in [1.29, 1.82) is 0 Å². The standard InChI is InChI=1S/C25H26N6O3/c1-18-16-19(2)30(26-18)17-21-8-9-22(34-21)25(33)29-14-12-28(13-15-29)23-10-11-24(32)31(27-23)20-6-4-3-5-7-20/h3-11,16H,12-15,17H2,1-2H3. The largest absolute Gasteiger partial charge is 0.454 e. The second kappa shape index (κ2) is 9.01. The lowest BCUT2D eigenvalue weighted by atomic mass is 10.2. The number of furan rings is 1. The highest BCUT2D eigenvalue weighted by atomic mass is 16.4. The Morgan fingerprint density at radius 1 is 0.941 bits per heavy atom. The highest BCUT2D eigenvalue weighted by molar-refractivity contribution is 5.91. The quantitative estimate of drug-likeness (QED) is 0.457. The molecule has 174 valence electrons. The summed E-state index contributed by atoms with van der Waals surface area (Å²) in [7, 11) is 0. The number of carbonyl (C=O) groups excluding carboxylic acids is 1. The van der Waals surface area contributed by atoms with Crippen LogP contribution in [0.1, 0.15) is 27.7 Å². The normalized spacial score (nSPS) is 13.9. The smallest absolute Gasteiger partial charge is 0.289 e. The van der Waals surface area contributed by atoms with Gasteiger partial charge in [-0.3, -0.25) is 14.3 Å². The number of piperazine rings is 1. The van der Waals surface area contributed by atoms with Crippen LogP contribution in [0.3, 0.4) is 0 Å². The van der Waals surface area contributed by atoms with Crippen LogP contribution in [0.2, 0.25) is 0 Å². The molecule has 0 radical (unpaired) electrons. The second-order valence-electron chi connectivity index (χ2n) is 8.41. The summed E-state index contributed by atoms with van der Waals surface area (Å²) >= 11 is 0. The third-order valence-corrected chi connectivity index (χ3v) is 5.96. The highest BCUT2D eigenvalue weighted by Crippen LogP contribution is 2.17. The molecule has 1 aliphatic rings. The molecule has 1 aromatic carbocycles. The maximum Gasteiger partial charge on any atom is 0.289 e. The van der Waals surface area contributed by atoms with Crippen LogP contribution in [0.5, 0.6) is 0 Å². The minimum Gasteiger partial charge on any atom is -0.454 e. The van der Waals surface area contributed by atoms with Crippen molar-refractivity contribution in [3.63, 3.8) is 0 Å². The molecule has 5 rings (SSSR count). The first-order valence-corrected chi connectivity index (χ1v) is 11.3. The molecule has 0 saturated carbocycles. The Kier molecular flexibility index (Phi) is 5.75. The van der Waals surface area contributed by atoms with Gasteiger partial charge in [0, 0.05) is 37.9 Å². The number of hydrogen-bond acceptors (Lipinski definition) is 6. The van der Waals surface area contributed by atoms with E-state index in [0.717, 1.165) is 17.1 Å². The lowest BCUT2D eigenvalue weighted by molar-refractivity contribution is 0.0712. The summed E-state index contributed by atoms with van der Waals surface area (Å²) in [6.45, 7) is 6.75. The van der Waals surface area contributed by atoms with Gasteiger partial charge in [0.1, 0.15) is 11.6 Å². The van der Waals surface area contributed by atoms with Crippen LogP contribution < -0.4 is 10.5 Å². The minimum absolute atomic E-state index is 0.124. The topological polar surface area (TPSA) is 89.4 Å². The van der Waals surface area contributed by atoms with E-state index >= 15 is 0 Å². The summed E-state index contributed by atoms with van der Waals surface area (Å²) in [6.07, 6.45) is 0. The molecule has 4 heterocycles. The first-order chi connectivity index (χ1) is 16.5. The number of anilines is 1. The second-order valence-corrected chi connectivity index (χ2v) is 8.41. The fourth-order valence-electron chi connectivity index (χ4n) is 4.18. The molecule has 34 heavy (non-hydrogen) atoms. The Morgan fingerprint density at radius 2 is 1.71 bits per heavy atom. The molecule has 1 fully saturated rings. The van der Waals surface area contributed by atoms with Crippen molar-refractivity contribution in [3.8, 4) is 5.69 Å². The Hall–Kier alpha value is -4.14. The van der Waals surface area contributed by atoms with Crippen LogP contribution in [-0.4, -0.2) is 56.5 Å². The summed E-state index contributed by atoms with van der Waals surface area (Å²) < 4.78 is 9.11. The zero-order valence-electron chi connectivity index (χ0n) is 19.2. The molecule has 3 aromatic heterocycles. The number of rotatable bonds is 5. The molecule has 9 nitrogen and oxygen atoms in total. The maximum absolute atomic E-state index is 13.0. The maximum atomic E-state index is 13.0. The first-order valence-electron chi connectivity index (χ1n) is 11.3. The van der Waals surface area contributed by atoms with Crippen LogP contribution >= 0.6 is 0 Å². The van der Waals surface area contributed by atoms with Crippen molar-refractivity contribution in [2.75, 3.05) is 31.1 Å². The molecule has 4 aromatic rings. The van der Waals surface area contributed by atoms with E-state index < -0.39 is 0 Å². The number of aryl methyl sites for hydroxylation is 2. The molecule has 1 amide bonds. The molecule has 0 bridgehead atoms. The SMILES string of the molecule is Cc1cc(C)n(Cc2ccc(C(=O)N3CCN(c4ccc(=O)n(-c5ccccc5)n4)CC3)o2)n1. The van der Waals surface area contributed by atoms with Crippen LogP contribution in [0.15, 0.2) is 69.9 Å². The van der Waals surface area contributed by atoms with Gasteiger partial charge in [-0.1, -0.05) is 18.2 Å². The molecule has 9 heteroatoms. The third-order valence-electron chi connectivity index (χ3n) is 5.96. The molecular formula is C25H26N6O3. The summed E-state index contributed by atoms with van der Waals surface area (Å²) in [5.41, 5.74) is 2.53. The summed E-state index contributed by atoms with van der Waals surface area (Å²) in [6, 6.07) is 18.2. The fourth-order valence-corrected chi connectivity index (χ4v) is 4.18. The van der Waals surface area contributed by atoms with Gasteiger partial charge in [0.15, 0.2) is 5.76 Å². The molecule has 0 unspecified atom stereocenters. The first kappa shape index (κ1) is 21.7. The van der Waals surface area contributed by atoms with Gasteiger partial charge in [-0.15, -0.1) is 5.10 Å². The van der Waals surface area contributed by atoms with Crippen molar-refractivity contribution >= 4 is 11.7 Å². The van der Waals surface area contributed by atoms with Crippen molar-refractivity contribution in [2.45, 2.75) is 20.4 Å². The van der Waals surface area contributed by atoms with E-state index in [-0.39, 0.29) is 11.5 Å². The van der Waals surface area contributed by atoms with Gasteiger partial charge in [-0.2, -0.15) is 9.78 Å². The number of aromatic nitrogens is 4. The van der Waals surface area contributed by atoms with E-state index in [9.17, 15) is 9.59 Å². The van der Waals surface area contributed by atoms with Crippen LogP contribution in [-0.2, 0) is 6.54 Å². The van der Waals surface area contributed by atoms with Crippen molar-refractivity contribution < 1.29 is 9.21 Å². The van der Waals surface area contributed by atoms with Gasteiger partial charge in [0.05, 0.1) is 17.9 Å². The third kappa shape index (κ3) is 4.36. The average Bonchev–Trinajstić information content (AvgIpc) is 3.45. The number of para-hydroxylation sites is 1. The number of carbonyl (C=O) groups is 1. The van der Waals surface area contributed by atoms with Crippen LogP contribution in [0, 0.1) is 13.8 Å². The van der Waals surface area contributed by atoms with Gasteiger partial charge in [0.25, 0.3) is 11.5 Å². The lowest BCUT2D eigenvalue weighted by Gasteiger charge is -2.35. The van der Waals surface area contributed by atoms with E-state index in [1.54, 1.807) is 17.0 Å². The van der Waals surface area contributed by atoms with Crippen molar-refractivity contribution in [3.05, 3.63) is 93.9 Å². The summed E-state index contributed by atoms with van der Waals surface area (Å²) in [5.74, 6) is 1.61. The number of hydrogen-bond donors (Lipinski definition) is 0. The van der Waals surface area contributed by atoms with E-state index in [1.165, 1.54) is 10.7 Å². The number of amides is 1. The number of benzene rings is 1.